The Morgan fingerprint density at radius 1 is 0.902 bits per heavy atom. The molecule has 0 saturated carbocycles. The fourth-order valence-corrected chi connectivity index (χ4v) is 7.62. The molecule has 2 aliphatic rings. The van der Waals surface area contributed by atoms with Gasteiger partial charge in [0.15, 0.2) is 23.1 Å². The van der Waals surface area contributed by atoms with E-state index in [1.165, 1.54) is 38.2 Å². The second-order valence-corrected chi connectivity index (χ2v) is 16.4. The minimum Gasteiger partial charge on any atom is -0.496 e. The van der Waals surface area contributed by atoms with Crippen molar-refractivity contribution in [3.05, 3.63) is 63.6 Å². The molecule has 2 N–H and O–H groups in total. The maximum atomic E-state index is 16.0. The summed E-state index contributed by atoms with van der Waals surface area (Å²) in [6.45, 7) is 5.77. The zero-order chi connectivity index (χ0) is 44.8. The van der Waals surface area contributed by atoms with Crippen molar-refractivity contribution in [2.24, 2.45) is 0 Å². The first-order valence-electron chi connectivity index (χ1n) is 19.3. The quantitative estimate of drug-likeness (QED) is 0.0962. The lowest BCUT2D eigenvalue weighted by Crippen LogP contribution is -2.42. The van der Waals surface area contributed by atoms with Crippen LogP contribution in [0.3, 0.4) is 0 Å². The van der Waals surface area contributed by atoms with Gasteiger partial charge in [0, 0.05) is 66.2 Å². The number of amides is 4. The summed E-state index contributed by atoms with van der Waals surface area (Å²) in [6, 6.07) is 4.35. The topological polar surface area (TPSA) is 204 Å². The number of fused-ring (bicyclic) bond motifs is 2. The van der Waals surface area contributed by atoms with Crippen molar-refractivity contribution >= 4 is 62.8 Å². The molecule has 61 heavy (non-hydrogen) atoms. The number of aliphatic hydroxyl groups excluding tert-OH is 1. The Bertz CT molecular complexity index is 2250. The maximum Gasteiger partial charge on any atom is 0.306 e. The van der Waals surface area contributed by atoms with E-state index in [1.54, 1.807) is 26.8 Å². The van der Waals surface area contributed by atoms with E-state index < -0.39 is 71.4 Å². The maximum absolute atomic E-state index is 16.0. The SMILES string of the molecule is COc1cc2sc(C(=O)CCC(=O)O[C@@H](C)CNC(=O)CN3C(=O)C=CC3=O)cc2c(F)c1OCCC(O)c1c(OC)cc2c(c1F)CN(C(=O)CCC(=O)OC(C)(C)C)C2. The van der Waals surface area contributed by atoms with E-state index in [0.29, 0.717) is 10.3 Å². The molecule has 4 amide bonds. The molecule has 0 fully saturated rings. The molecule has 328 valence electrons. The molecule has 1 aromatic heterocycles. The smallest absolute Gasteiger partial charge is 0.306 e. The summed E-state index contributed by atoms with van der Waals surface area (Å²) in [7, 11) is 2.61. The molecule has 19 heteroatoms. The fraction of sp³-hybridized carbons (Fsp3) is 0.452. The first kappa shape index (κ1) is 46.1. The van der Waals surface area contributed by atoms with E-state index in [1.807, 2.05) is 0 Å². The highest BCUT2D eigenvalue weighted by Gasteiger charge is 2.32. The summed E-state index contributed by atoms with van der Waals surface area (Å²) in [5.41, 5.74) is -0.178. The zero-order valence-corrected chi connectivity index (χ0v) is 35.3. The van der Waals surface area contributed by atoms with Gasteiger partial charge in [-0.15, -0.1) is 11.3 Å². The number of rotatable bonds is 19. The number of benzene rings is 2. The number of hydrogen-bond donors (Lipinski definition) is 2. The van der Waals surface area contributed by atoms with Gasteiger partial charge in [0.05, 0.1) is 56.8 Å². The molecule has 16 nitrogen and oxygen atoms in total. The molecule has 0 spiro atoms. The monoisotopic (exact) mass is 871 g/mol. The Kier molecular flexibility index (Phi) is 14.8. The van der Waals surface area contributed by atoms with E-state index in [2.05, 4.69) is 5.32 Å². The number of nitrogens with zero attached hydrogens (tertiary/aromatic N) is 2. The van der Waals surface area contributed by atoms with Crippen molar-refractivity contribution in [3.63, 3.8) is 0 Å². The number of methoxy groups -OCH3 is 2. The Labute approximate surface area is 353 Å². The van der Waals surface area contributed by atoms with Gasteiger partial charge in [0.2, 0.25) is 11.8 Å². The highest BCUT2D eigenvalue weighted by Crippen LogP contribution is 2.42. The van der Waals surface area contributed by atoms with Gasteiger partial charge >= 0.3 is 11.9 Å². The van der Waals surface area contributed by atoms with Crippen LogP contribution < -0.4 is 19.5 Å². The lowest BCUT2D eigenvalue weighted by molar-refractivity contribution is -0.156. The molecule has 3 heterocycles. The standard InChI is InChI=1S/C42H47F2N3O13S/c1-22(18-45-32(50)21-47-34(52)8-9-35(47)53)59-36(54)11-7-26(48)31-16-24-30(61-31)17-29(57-6)41(40(24)44)58-14-13-27(49)38-28(56-5)15-23-19-46(20-25(23)39(38)43)33(51)10-12-37(55)60-42(2,3)4/h8-9,15-17,22,27,49H,7,10-14,18-21H2,1-6H3,(H,45,50)/t22-,27?/m0/s1. The molecule has 3 aromatic rings. The third-order valence-corrected chi connectivity index (χ3v) is 10.7. The van der Waals surface area contributed by atoms with E-state index in [4.69, 9.17) is 23.7 Å². The summed E-state index contributed by atoms with van der Waals surface area (Å²) in [4.78, 5) is 88.2. The van der Waals surface area contributed by atoms with E-state index in [-0.39, 0.29) is 103 Å². The second kappa shape index (κ2) is 19.6. The van der Waals surface area contributed by atoms with Crippen molar-refractivity contribution in [2.75, 3.05) is 33.9 Å². The molecule has 0 saturated heterocycles. The zero-order valence-electron chi connectivity index (χ0n) is 34.5. The number of ketones is 1. The second-order valence-electron chi connectivity index (χ2n) is 15.3. The summed E-state index contributed by atoms with van der Waals surface area (Å²) in [5.74, 6) is -5.80. The number of hydrogen-bond acceptors (Lipinski definition) is 14. The Hall–Kier alpha value is -5.95. The minimum absolute atomic E-state index is 0.00184. The largest absolute Gasteiger partial charge is 0.496 e. The molecule has 2 aliphatic heterocycles. The average Bonchev–Trinajstić information content (AvgIpc) is 3.92. The number of esters is 2. The van der Waals surface area contributed by atoms with Crippen molar-refractivity contribution in [1.29, 1.82) is 0 Å². The van der Waals surface area contributed by atoms with Gasteiger partial charge < -0.3 is 39.0 Å². The Balaban J connectivity index is 1.15. The third-order valence-electron chi connectivity index (χ3n) is 9.53. The van der Waals surface area contributed by atoms with Crippen molar-refractivity contribution in [2.45, 2.75) is 90.7 Å². The van der Waals surface area contributed by atoms with E-state index in [9.17, 15) is 38.7 Å². The van der Waals surface area contributed by atoms with E-state index in [0.717, 1.165) is 28.4 Å². The fourth-order valence-electron chi connectivity index (χ4n) is 6.56. The van der Waals surface area contributed by atoms with Gasteiger partial charge in [0.25, 0.3) is 11.8 Å². The van der Waals surface area contributed by atoms with Gasteiger partial charge in [-0.3, -0.25) is 38.5 Å². The highest BCUT2D eigenvalue weighted by molar-refractivity contribution is 7.20. The molecule has 2 aromatic carbocycles. The van der Waals surface area contributed by atoms with Crippen molar-refractivity contribution < 1.29 is 71.1 Å². The predicted molar refractivity (Wildman–Crippen MR) is 214 cm³/mol. The number of ether oxygens (including phenoxy) is 5. The van der Waals surface area contributed by atoms with Gasteiger partial charge in [-0.2, -0.15) is 0 Å². The number of thiophene rings is 1. The lowest BCUT2D eigenvalue weighted by atomic mass is 9.98. The van der Waals surface area contributed by atoms with Gasteiger partial charge in [-0.25, -0.2) is 8.78 Å². The molecule has 2 atom stereocenters. The number of carbonyl (C=O) groups is 7. The Morgan fingerprint density at radius 3 is 2.23 bits per heavy atom. The molecule has 1 unspecified atom stereocenters. The minimum atomic E-state index is -1.47. The molecule has 0 radical (unpaired) electrons. The number of halogens is 2. The van der Waals surface area contributed by atoms with Crippen LogP contribution >= 0.6 is 11.3 Å². The van der Waals surface area contributed by atoms with Crippen molar-refractivity contribution in [3.8, 4) is 17.2 Å². The van der Waals surface area contributed by atoms with Gasteiger partial charge in [0.1, 0.15) is 29.8 Å². The average molecular weight is 872 g/mol. The van der Waals surface area contributed by atoms with E-state index >= 15 is 8.78 Å². The molecule has 5 rings (SSSR count). The Morgan fingerprint density at radius 2 is 1.57 bits per heavy atom. The molecular formula is C42H47F2N3O13S. The number of nitrogens with one attached hydrogen (secondary N) is 1. The lowest BCUT2D eigenvalue weighted by Gasteiger charge is -2.20. The van der Waals surface area contributed by atoms with Crippen LogP contribution in [0.25, 0.3) is 10.1 Å². The van der Waals surface area contributed by atoms with Crippen LogP contribution in [0.1, 0.15) is 92.3 Å². The van der Waals surface area contributed by atoms with Crippen LogP contribution in [-0.4, -0.2) is 102 Å². The van der Waals surface area contributed by atoms with Crippen LogP contribution in [0.5, 0.6) is 17.2 Å². The van der Waals surface area contributed by atoms with Gasteiger partial charge in [-0.05, 0) is 45.4 Å². The third kappa shape index (κ3) is 11.5. The van der Waals surface area contributed by atoms with Crippen LogP contribution in [0.15, 0.2) is 30.4 Å². The van der Waals surface area contributed by atoms with Crippen LogP contribution in [0, 0.1) is 11.6 Å². The number of Topliss-reactive ketones (excluding diaryl/α,β-unsaturated/α-hetero) is 1. The summed E-state index contributed by atoms with van der Waals surface area (Å²) in [5, 5.41) is 13.7. The number of imide groups is 1. The first-order chi connectivity index (χ1) is 28.8. The van der Waals surface area contributed by atoms with Crippen molar-refractivity contribution in [1.82, 2.24) is 15.1 Å². The predicted octanol–water partition coefficient (Wildman–Crippen LogP) is 4.60. The van der Waals surface area contributed by atoms with Crippen LogP contribution in [-0.2, 0) is 51.3 Å². The summed E-state index contributed by atoms with van der Waals surface area (Å²) in [6.07, 6.45) is -1.19. The molecule has 0 aliphatic carbocycles. The highest BCUT2D eigenvalue weighted by atomic mass is 32.1. The summed E-state index contributed by atoms with van der Waals surface area (Å²) >= 11 is 0.975. The van der Waals surface area contributed by atoms with Crippen LogP contribution in [0.4, 0.5) is 8.78 Å². The summed E-state index contributed by atoms with van der Waals surface area (Å²) < 4.78 is 59.3. The molecular weight excluding hydrogens is 825 g/mol. The number of aliphatic hydroxyl groups is 1. The van der Waals surface area contributed by atoms with Crippen LogP contribution in [0.2, 0.25) is 0 Å². The first-order valence-corrected chi connectivity index (χ1v) is 20.1. The van der Waals surface area contributed by atoms with Gasteiger partial charge in [-0.1, -0.05) is 0 Å². The number of carbonyl (C=O) groups excluding carboxylic acids is 7. The normalized spacial score (nSPS) is 14.5. The molecule has 0 bridgehead atoms.